The highest BCUT2D eigenvalue weighted by Crippen LogP contribution is 2.27. The highest BCUT2D eigenvalue weighted by Gasteiger charge is 2.23. The Hall–Kier alpha value is -1.01. The molecule has 94 valence electrons. The number of thioether (sulfide) groups is 1. The van der Waals surface area contributed by atoms with Gasteiger partial charge in [-0.25, -0.2) is 4.98 Å². The van der Waals surface area contributed by atoms with E-state index in [-0.39, 0.29) is 5.75 Å². The van der Waals surface area contributed by atoms with Gasteiger partial charge in [0, 0.05) is 18.8 Å². The van der Waals surface area contributed by atoms with Gasteiger partial charge >= 0.3 is 5.97 Å². The van der Waals surface area contributed by atoms with Gasteiger partial charge in [-0.1, -0.05) is 11.8 Å². The van der Waals surface area contributed by atoms with Crippen LogP contribution < -0.4 is 0 Å². The van der Waals surface area contributed by atoms with Crippen LogP contribution in [0.15, 0.2) is 11.4 Å². The summed E-state index contributed by atoms with van der Waals surface area (Å²) in [6.07, 6.45) is 3.13. The first-order valence-corrected chi connectivity index (χ1v) is 6.63. The number of hydrogen-bond acceptors (Lipinski definition) is 4. The molecule has 6 heteroatoms. The molecule has 0 saturated carbocycles. The number of nitrogens with zero attached hydrogens (tertiary/aromatic N) is 3. The quantitative estimate of drug-likeness (QED) is 0.820. The molecule has 5 nitrogen and oxygen atoms in total. The Labute approximate surface area is 105 Å². The number of likely N-dealkylation sites (tertiary alicyclic amines) is 1. The fourth-order valence-electron chi connectivity index (χ4n) is 2.13. The van der Waals surface area contributed by atoms with Crippen molar-refractivity contribution in [3.05, 3.63) is 11.9 Å². The van der Waals surface area contributed by atoms with E-state index in [1.165, 1.54) is 11.8 Å². The molecule has 1 saturated heterocycles. The molecule has 1 N–H and O–H groups in total. The smallest absolute Gasteiger partial charge is 0.313 e. The standard InChI is InChI=1S/C11H17N3O2S/c1-8-5-14(9-3-4-13(2)6-9)11(12-8)17-7-10(15)16/h5,9H,3-4,6-7H2,1-2H3,(H,15,16). The number of aryl methyl sites for hydroxylation is 1. The maximum absolute atomic E-state index is 10.6. The molecule has 1 aliphatic rings. The number of hydrogen-bond donors (Lipinski definition) is 1. The minimum absolute atomic E-state index is 0.0685. The van der Waals surface area contributed by atoms with Crippen LogP contribution in [0.2, 0.25) is 0 Å². The second-order valence-electron chi connectivity index (χ2n) is 4.46. The molecule has 1 atom stereocenters. The highest BCUT2D eigenvalue weighted by atomic mass is 32.2. The second kappa shape index (κ2) is 5.10. The van der Waals surface area contributed by atoms with Gasteiger partial charge in [0.1, 0.15) is 0 Å². The fraction of sp³-hybridized carbons (Fsp3) is 0.636. The predicted molar refractivity (Wildman–Crippen MR) is 66.5 cm³/mol. The molecule has 1 fully saturated rings. The van der Waals surface area contributed by atoms with E-state index in [2.05, 4.69) is 21.5 Å². The van der Waals surface area contributed by atoms with Crippen molar-refractivity contribution in [2.45, 2.75) is 24.5 Å². The second-order valence-corrected chi connectivity index (χ2v) is 5.40. The lowest BCUT2D eigenvalue weighted by Crippen LogP contribution is -2.16. The molecule has 2 heterocycles. The van der Waals surface area contributed by atoms with Crippen molar-refractivity contribution in [3.8, 4) is 0 Å². The Morgan fingerprint density at radius 3 is 3.06 bits per heavy atom. The lowest BCUT2D eigenvalue weighted by molar-refractivity contribution is -0.133. The van der Waals surface area contributed by atoms with Gasteiger partial charge in [0.15, 0.2) is 5.16 Å². The number of aliphatic carboxylic acids is 1. The zero-order valence-corrected chi connectivity index (χ0v) is 10.9. The van der Waals surface area contributed by atoms with Gasteiger partial charge < -0.3 is 14.6 Å². The lowest BCUT2D eigenvalue weighted by Gasteiger charge is -2.14. The molecule has 0 radical (unpaired) electrons. The number of carboxylic acid groups (broad SMARTS) is 1. The number of carbonyl (C=O) groups is 1. The van der Waals surface area contributed by atoms with Crippen LogP contribution in [-0.4, -0.2) is 51.4 Å². The van der Waals surface area contributed by atoms with E-state index >= 15 is 0 Å². The minimum atomic E-state index is -0.800. The van der Waals surface area contributed by atoms with Crippen molar-refractivity contribution < 1.29 is 9.90 Å². The Balaban J connectivity index is 2.12. The molecule has 0 amide bonds. The maximum Gasteiger partial charge on any atom is 0.313 e. The zero-order chi connectivity index (χ0) is 12.4. The summed E-state index contributed by atoms with van der Waals surface area (Å²) in [6, 6.07) is 0.428. The van der Waals surface area contributed by atoms with E-state index in [1.807, 2.05) is 13.1 Å². The first kappa shape index (κ1) is 12.4. The maximum atomic E-state index is 10.6. The molecule has 1 aliphatic heterocycles. The van der Waals surface area contributed by atoms with E-state index in [0.29, 0.717) is 6.04 Å². The monoisotopic (exact) mass is 255 g/mol. The van der Waals surface area contributed by atoms with Crippen LogP contribution in [0.25, 0.3) is 0 Å². The first-order chi connectivity index (χ1) is 8.06. The molecule has 17 heavy (non-hydrogen) atoms. The predicted octanol–water partition coefficient (Wildman–Crippen LogP) is 1.24. The number of imidazole rings is 1. The molecule has 1 aromatic heterocycles. The molecule has 1 unspecified atom stereocenters. The van der Waals surface area contributed by atoms with Gasteiger partial charge in [0.25, 0.3) is 0 Å². The van der Waals surface area contributed by atoms with E-state index < -0.39 is 5.97 Å². The summed E-state index contributed by atoms with van der Waals surface area (Å²) in [6.45, 7) is 4.04. The average Bonchev–Trinajstić information content (AvgIpc) is 2.81. The molecule has 2 rings (SSSR count). The summed E-state index contributed by atoms with van der Waals surface area (Å²) in [4.78, 5) is 17.3. The molecule has 1 aromatic rings. The van der Waals surface area contributed by atoms with Crippen molar-refractivity contribution in [1.29, 1.82) is 0 Å². The topological polar surface area (TPSA) is 58.4 Å². The fourth-order valence-corrected chi connectivity index (χ4v) is 2.94. The van der Waals surface area contributed by atoms with Gasteiger partial charge in [-0.2, -0.15) is 0 Å². The van der Waals surface area contributed by atoms with Gasteiger partial charge in [-0.15, -0.1) is 0 Å². The molecular weight excluding hydrogens is 238 g/mol. The molecule has 0 bridgehead atoms. The SMILES string of the molecule is Cc1cn(C2CCN(C)C2)c(SCC(=O)O)n1. The van der Waals surface area contributed by atoms with E-state index in [4.69, 9.17) is 5.11 Å². The Bertz CT molecular complexity index is 419. The Morgan fingerprint density at radius 1 is 1.71 bits per heavy atom. The van der Waals surface area contributed by atoms with E-state index in [1.54, 1.807) is 0 Å². The largest absolute Gasteiger partial charge is 0.481 e. The van der Waals surface area contributed by atoms with Crippen molar-refractivity contribution in [2.24, 2.45) is 0 Å². The van der Waals surface area contributed by atoms with Gasteiger partial charge in [-0.3, -0.25) is 4.79 Å². The van der Waals surface area contributed by atoms with Crippen molar-refractivity contribution >= 4 is 17.7 Å². The van der Waals surface area contributed by atoms with Crippen LogP contribution in [0.1, 0.15) is 18.2 Å². The van der Waals surface area contributed by atoms with Crippen molar-refractivity contribution in [3.63, 3.8) is 0 Å². The van der Waals surface area contributed by atoms with Crippen LogP contribution in [0.4, 0.5) is 0 Å². The third-order valence-electron chi connectivity index (χ3n) is 2.90. The summed E-state index contributed by atoms with van der Waals surface area (Å²) >= 11 is 1.30. The third-order valence-corrected chi connectivity index (χ3v) is 3.85. The van der Waals surface area contributed by atoms with Crippen molar-refractivity contribution in [2.75, 3.05) is 25.9 Å². The van der Waals surface area contributed by atoms with Crippen LogP contribution in [-0.2, 0) is 4.79 Å². The molecule has 0 aliphatic carbocycles. The number of rotatable bonds is 4. The minimum Gasteiger partial charge on any atom is -0.481 e. The Kier molecular flexibility index (Phi) is 3.73. The number of carboxylic acids is 1. The third kappa shape index (κ3) is 3.01. The molecule has 0 aromatic carbocycles. The summed E-state index contributed by atoms with van der Waals surface area (Å²) in [5, 5.41) is 9.54. The summed E-state index contributed by atoms with van der Waals surface area (Å²) < 4.78 is 2.13. The van der Waals surface area contributed by atoms with Crippen molar-refractivity contribution in [1.82, 2.24) is 14.5 Å². The van der Waals surface area contributed by atoms with Crippen LogP contribution in [0, 0.1) is 6.92 Å². The Morgan fingerprint density at radius 2 is 2.47 bits per heavy atom. The average molecular weight is 255 g/mol. The van der Waals surface area contributed by atoms with Gasteiger partial charge in [0.05, 0.1) is 11.4 Å². The summed E-state index contributed by atoms with van der Waals surface area (Å²) in [7, 11) is 2.11. The normalized spacial score (nSPS) is 20.9. The molecule has 0 spiro atoms. The van der Waals surface area contributed by atoms with Crippen LogP contribution >= 0.6 is 11.8 Å². The van der Waals surface area contributed by atoms with E-state index in [0.717, 1.165) is 30.4 Å². The highest BCUT2D eigenvalue weighted by molar-refractivity contribution is 7.99. The number of likely N-dealkylation sites (N-methyl/N-ethyl adjacent to an activating group) is 1. The van der Waals surface area contributed by atoms with Gasteiger partial charge in [0.2, 0.25) is 0 Å². The zero-order valence-electron chi connectivity index (χ0n) is 10.1. The molecular formula is C11H17N3O2S. The first-order valence-electron chi connectivity index (χ1n) is 5.65. The number of aromatic nitrogens is 2. The summed E-state index contributed by atoms with van der Waals surface area (Å²) in [5.74, 6) is -0.732. The van der Waals surface area contributed by atoms with Crippen LogP contribution in [0.3, 0.4) is 0 Å². The van der Waals surface area contributed by atoms with Gasteiger partial charge in [-0.05, 0) is 26.9 Å². The summed E-state index contributed by atoms with van der Waals surface area (Å²) in [5.41, 5.74) is 0.951. The van der Waals surface area contributed by atoms with Crippen LogP contribution in [0.5, 0.6) is 0 Å². The van der Waals surface area contributed by atoms with E-state index in [9.17, 15) is 4.79 Å². The lowest BCUT2D eigenvalue weighted by atomic mass is 10.2.